The maximum Gasteiger partial charge on any atom is 0.194 e. The first-order chi connectivity index (χ1) is 14.8. The number of carbonyl (C=O) groups is 1. The van der Waals surface area contributed by atoms with Crippen molar-refractivity contribution in [3.8, 4) is 23.7 Å². The average molecular weight is 382 g/mol. The number of rotatable bonds is 2. The van der Waals surface area contributed by atoms with E-state index < -0.39 is 0 Å². The van der Waals surface area contributed by atoms with Gasteiger partial charge in [-0.3, -0.25) is 4.79 Å². The second-order valence-electron chi connectivity index (χ2n) is 6.69. The van der Waals surface area contributed by atoms with Gasteiger partial charge in [0, 0.05) is 33.4 Å². The molecule has 4 aromatic carbocycles. The lowest BCUT2D eigenvalue weighted by atomic mass is 9.96. The van der Waals surface area contributed by atoms with Gasteiger partial charge in [-0.05, 0) is 42.5 Å². The fourth-order valence-electron chi connectivity index (χ4n) is 3.00. The zero-order chi connectivity index (χ0) is 20.6. The monoisotopic (exact) mass is 382 g/mol. The minimum atomic E-state index is -0.0458. The first-order valence-corrected chi connectivity index (χ1v) is 9.67. The predicted molar refractivity (Wildman–Crippen MR) is 121 cm³/mol. The van der Waals surface area contributed by atoms with Crippen LogP contribution < -0.4 is 0 Å². The number of benzene rings is 4. The third-order valence-corrected chi connectivity index (χ3v) is 4.54. The van der Waals surface area contributed by atoms with Crippen molar-refractivity contribution in [2.24, 2.45) is 0 Å². The number of hydrogen-bond acceptors (Lipinski definition) is 1. The fourth-order valence-corrected chi connectivity index (χ4v) is 3.00. The van der Waals surface area contributed by atoms with Gasteiger partial charge in [-0.25, -0.2) is 0 Å². The SMILES string of the molecule is O=C(c1ccccc1)c1ccc(C#Cc2ccccc2)cc1C#Cc1ccccc1. The summed E-state index contributed by atoms with van der Waals surface area (Å²) in [5.74, 6) is 12.6. The molecule has 0 amide bonds. The van der Waals surface area contributed by atoms with Gasteiger partial charge < -0.3 is 0 Å². The Bertz CT molecular complexity index is 1280. The Labute approximate surface area is 177 Å². The quantitative estimate of drug-likeness (QED) is 0.320. The fraction of sp³-hybridized carbons (Fsp3) is 0. The molecule has 0 bridgehead atoms. The summed E-state index contributed by atoms with van der Waals surface area (Å²) in [7, 11) is 0. The number of ketones is 1. The molecule has 0 unspecified atom stereocenters. The second kappa shape index (κ2) is 9.24. The molecule has 0 N–H and O–H groups in total. The van der Waals surface area contributed by atoms with E-state index in [0.717, 1.165) is 16.7 Å². The largest absolute Gasteiger partial charge is 0.289 e. The van der Waals surface area contributed by atoms with Gasteiger partial charge in [0.15, 0.2) is 5.78 Å². The lowest BCUT2D eigenvalue weighted by molar-refractivity contribution is 0.103. The van der Waals surface area contributed by atoms with Gasteiger partial charge in [0.2, 0.25) is 0 Å². The van der Waals surface area contributed by atoms with E-state index in [1.165, 1.54) is 0 Å². The molecule has 0 aliphatic carbocycles. The van der Waals surface area contributed by atoms with Gasteiger partial charge in [-0.2, -0.15) is 0 Å². The van der Waals surface area contributed by atoms with Crippen molar-refractivity contribution in [2.45, 2.75) is 0 Å². The Kier molecular flexibility index (Phi) is 5.86. The Morgan fingerprint density at radius 1 is 0.500 bits per heavy atom. The van der Waals surface area contributed by atoms with Crippen LogP contribution in [0.1, 0.15) is 38.2 Å². The molecule has 140 valence electrons. The van der Waals surface area contributed by atoms with Gasteiger partial charge in [0.05, 0.1) is 0 Å². The third kappa shape index (κ3) is 4.74. The number of hydrogen-bond donors (Lipinski definition) is 0. The molecule has 0 aliphatic rings. The van der Waals surface area contributed by atoms with Crippen LogP contribution in [0.15, 0.2) is 109 Å². The Balaban J connectivity index is 1.75. The van der Waals surface area contributed by atoms with Crippen molar-refractivity contribution >= 4 is 5.78 Å². The summed E-state index contributed by atoms with van der Waals surface area (Å²) >= 11 is 0. The second-order valence-corrected chi connectivity index (χ2v) is 6.69. The van der Waals surface area contributed by atoms with Gasteiger partial charge in [0.25, 0.3) is 0 Å². The summed E-state index contributed by atoms with van der Waals surface area (Å²) in [5, 5.41) is 0. The van der Waals surface area contributed by atoms with E-state index in [4.69, 9.17) is 0 Å². The van der Waals surface area contributed by atoms with Gasteiger partial charge in [-0.15, -0.1) is 0 Å². The van der Waals surface area contributed by atoms with Crippen molar-refractivity contribution in [2.75, 3.05) is 0 Å². The predicted octanol–water partition coefficient (Wildman–Crippen LogP) is 5.72. The molecule has 0 atom stereocenters. The standard InChI is InChI=1S/C29H18O/c30-29(26-14-8-3-9-15-26)28-21-19-25(17-16-23-10-4-1-5-11-23)22-27(28)20-18-24-12-6-2-7-13-24/h1-15,19,21-22H. The van der Waals surface area contributed by atoms with E-state index in [1.54, 1.807) is 0 Å². The minimum absolute atomic E-state index is 0.0458. The lowest BCUT2D eigenvalue weighted by Gasteiger charge is -2.05. The molecule has 0 aliphatic heterocycles. The van der Waals surface area contributed by atoms with E-state index in [1.807, 2.05) is 109 Å². The van der Waals surface area contributed by atoms with Crippen LogP contribution in [0, 0.1) is 23.7 Å². The van der Waals surface area contributed by atoms with Crippen molar-refractivity contribution in [1.29, 1.82) is 0 Å². The Hall–Kier alpha value is -4.33. The van der Waals surface area contributed by atoms with Crippen LogP contribution in [0.25, 0.3) is 0 Å². The van der Waals surface area contributed by atoms with Crippen LogP contribution in [0.5, 0.6) is 0 Å². The molecular formula is C29H18O. The van der Waals surface area contributed by atoms with E-state index in [2.05, 4.69) is 23.7 Å². The van der Waals surface area contributed by atoms with Crippen LogP contribution in [-0.2, 0) is 0 Å². The first-order valence-electron chi connectivity index (χ1n) is 9.67. The lowest BCUT2D eigenvalue weighted by Crippen LogP contribution is -2.04. The van der Waals surface area contributed by atoms with Crippen LogP contribution in [0.3, 0.4) is 0 Å². The van der Waals surface area contributed by atoms with Crippen LogP contribution >= 0.6 is 0 Å². The smallest absolute Gasteiger partial charge is 0.194 e. The Morgan fingerprint density at radius 2 is 1.00 bits per heavy atom. The highest BCUT2D eigenvalue weighted by atomic mass is 16.1. The highest BCUT2D eigenvalue weighted by Gasteiger charge is 2.13. The van der Waals surface area contributed by atoms with Crippen molar-refractivity contribution in [1.82, 2.24) is 0 Å². The molecule has 0 fully saturated rings. The summed E-state index contributed by atoms with van der Waals surface area (Å²) in [6.45, 7) is 0. The summed E-state index contributed by atoms with van der Waals surface area (Å²) in [6.07, 6.45) is 0. The minimum Gasteiger partial charge on any atom is -0.289 e. The van der Waals surface area contributed by atoms with Crippen LogP contribution in [0.4, 0.5) is 0 Å². The summed E-state index contributed by atoms with van der Waals surface area (Å²) in [5.41, 5.74) is 4.56. The van der Waals surface area contributed by atoms with Gasteiger partial charge in [0.1, 0.15) is 0 Å². The molecule has 0 radical (unpaired) electrons. The highest BCUT2D eigenvalue weighted by Crippen LogP contribution is 2.16. The number of carbonyl (C=O) groups excluding carboxylic acids is 1. The van der Waals surface area contributed by atoms with Gasteiger partial charge >= 0.3 is 0 Å². The molecule has 4 aromatic rings. The molecule has 1 nitrogen and oxygen atoms in total. The molecular weight excluding hydrogens is 364 g/mol. The highest BCUT2D eigenvalue weighted by molar-refractivity contribution is 6.10. The van der Waals surface area contributed by atoms with Crippen molar-refractivity contribution in [3.63, 3.8) is 0 Å². The molecule has 30 heavy (non-hydrogen) atoms. The summed E-state index contributed by atoms with van der Waals surface area (Å²) < 4.78 is 0. The molecule has 1 heteroatoms. The Morgan fingerprint density at radius 3 is 1.60 bits per heavy atom. The molecule has 0 saturated carbocycles. The van der Waals surface area contributed by atoms with Crippen molar-refractivity contribution in [3.05, 3.63) is 143 Å². The molecule has 0 saturated heterocycles. The van der Waals surface area contributed by atoms with Gasteiger partial charge in [-0.1, -0.05) is 90.4 Å². The normalized spacial score (nSPS) is 9.60. The average Bonchev–Trinajstić information content (AvgIpc) is 2.83. The molecule has 4 rings (SSSR count). The molecule has 0 aromatic heterocycles. The van der Waals surface area contributed by atoms with E-state index in [-0.39, 0.29) is 5.78 Å². The zero-order valence-corrected chi connectivity index (χ0v) is 16.3. The topological polar surface area (TPSA) is 17.1 Å². The van der Waals surface area contributed by atoms with Crippen LogP contribution in [0.2, 0.25) is 0 Å². The molecule has 0 spiro atoms. The zero-order valence-electron chi connectivity index (χ0n) is 16.3. The maximum atomic E-state index is 13.1. The molecule has 0 heterocycles. The van der Waals surface area contributed by atoms with E-state index in [0.29, 0.717) is 16.7 Å². The van der Waals surface area contributed by atoms with E-state index >= 15 is 0 Å². The van der Waals surface area contributed by atoms with Crippen molar-refractivity contribution < 1.29 is 4.79 Å². The summed E-state index contributed by atoms with van der Waals surface area (Å²) in [4.78, 5) is 13.1. The van der Waals surface area contributed by atoms with E-state index in [9.17, 15) is 4.79 Å². The van der Waals surface area contributed by atoms with Crippen LogP contribution in [-0.4, -0.2) is 5.78 Å². The maximum absolute atomic E-state index is 13.1. The summed E-state index contributed by atoms with van der Waals surface area (Å²) in [6, 6.07) is 34.4. The third-order valence-electron chi connectivity index (χ3n) is 4.54. The first kappa shape index (κ1) is 19.0.